The van der Waals surface area contributed by atoms with Crippen LogP contribution in [-0.4, -0.2) is 36.9 Å². The number of nitrogens with one attached hydrogen (secondary N) is 1. The zero-order valence-electron chi connectivity index (χ0n) is 12.1. The van der Waals surface area contributed by atoms with Crippen molar-refractivity contribution < 1.29 is 17.8 Å². The van der Waals surface area contributed by atoms with Crippen LogP contribution in [0, 0.1) is 0 Å². The fraction of sp³-hybridized carbons (Fsp3) is 0.188. The number of fused-ring (bicyclic) bond motifs is 3. The molecule has 0 aliphatic carbocycles. The van der Waals surface area contributed by atoms with Gasteiger partial charge in [-0.1, -0.05) is 30.3 Å². The third-order valence-corrected chi connectivity index (χ3v) is 5.31. The van der Waals surface area contributed by atoms with Crippen LogP contribution in [0.25, 0.3) is 0 Å². The highest BCUT2D eigenvalue weighted by atomic mass is 32.2. The van der Waals surface area contributed by atoms with Crippen LogP contribution in [0.15, 0.2) is 53.4 Å². The number of benzene rings is 2. The highest BCUT2D eigenvalue weighted by Gasteiger charge is 2.53. The smallest absolute Gasteiger partial charge is 0.294 e. The lowest BCUT2D eigenvalue weighted by atomic mass is 9.91. The molecule has 6 nitrogen and oxygen atoms in total. The van der Waals surface area contributed by atoms with Crippen molar-refractivity contribution in [1.29, 1.82) is 0 Å². The lowest BCUT2D eigenvalue weighted by molar-refractivity contribution is 0.0694. The van der Waals surface area contributed by atoms with Gasteiger partial charge in [-0.3, -0.25) is 14.7 Å². The molecule has 4 rings (SSSR count). The number of nitrogens with zero attached hydrogens (tertiary/aromatic N) is 1. The summed E-state index contributed by atoms with van der Waals surface area (Å²) in [5.41, 5.74) is 1.14. The summed E-state index contributed by atoms with van der Waals surface area (Å²) in [5, 5.41) is 3.34. The molecular weight excluding hydrogens is 316 g/mol. The topological polar surface area (TPSA) is 86.7 Å². The molecule has 2 aromatic rings. The Morgan fingerprint density at radius 2 is 1.91 bits per heavy atom. The summed E-state index contributed by atoms with van der Waals surface area (Å²) in [6, 6.07) is 13.4. The van der Waals surface area contributed by atoms with Crippen molar-refractivity contribution in [3.05, 3.63) is 65.2 Å². The summed E-state index contributed by atoms with van der Waals surface area (Å²) in [5.74, 6) is -0.0807. The molecule has 118 valence electrons. The maximum absolute atomic E-state index is 12.7. The van der Waals surface area contributed by atoms with Gasteiger partial charge in [0.1, 0.15) is 5.66 Å². The fourth-order valence-electron chi connectivity index (χ4n) is 3.53. The lowest BCUT2D eigenvalue weighted by Crippen LogP contribution is -2.46. The van der Waals surface area contributed by atoms with E-state index in [4.69, 9.17) is 0 Å². The number of hydrogen-bond acceptors (Lipinski definition) is 4. The van der Waals surface area contributed by atoms with Gasteiger partial charge in [0.25, 0.3) is 16.0 Å². The van der Waals surface area contributed by atoms with E-state index in [1.54, 1.807) is 29.2 Å². The third kappa shape index (κ3) is 1.87. The predicted octanol–water partition coefficient (Wildman–Crippen LogP) is 1.19. The average Bonchev–Trinajstić information content (AvgIpc) is 3.07. The second-order valence-electron chi connectivity index (χ2n) is 5.64. The Kier molecular flexibility index (Phi) is 2.90. The van der Waals surface area contributed by atoms with Gasteiger partial charge in [-0.15, -0.1) is 0 Å². The Bertz CT molecular complexity index is 925. The van der Waals surface area contributed by atoms with Crippen molar-refractivity contribution in [2.75, 3.05) is 13.1 Å². The minimum absolute atomic E-state index is 0.0807. The molecule has 7 heteroatoms. The van der Waals surface area contributed by atoms with Crippen molar-refractivity contribution in [2.24, 2.45) is 0 Å². The van der Waals surface area contributed by atoms with Crippen molar-refractivity contribution >= 4 is 16.0 Å². The van der Waals surface area contributed by atoms with E-state index in [0.717, 1.165) is 5.56 Å². The standard InChI is InChI=1S/C16H14N2O4S/c19-15-13-6-1-2-7-14(13)16(17-8-9-18(15)16)11-4-3-5-12(10-11)23(20,21)22/h1-7,10,17H,8-9H2,(H,20,21,22). The van der Waals surface area contributed by atoms with Crippen LogP contribution in [0.5, 0.6) is 0 Å². The van der Waals surface area contributed by atoms with E-state index >= 15 is 0 Å². The monoisotopic (exact) mass is 330 g/mol. The largest absolute Gasteiger partial charge is 0.311 e. The van der Waals surface area contributed by atoms with Gasteiger partial charge in [0.15, 0.2) is 0 Å². The van der Waals surface area contributed by atoms with Gasteiger partial charge in [0.2, 0.25) is 0 Å². The molecular formula is C16H14N2O4S. The molecule has 2 aliphatic heterocycles. The Morgan fingerprint density at radius 1 is 1.13 bits per heavy atom. The molecule has 23 heavy (non-hydrogen) atoms. The predicted molar refractivity (Wildman–Crippen MR) is 82.5 cm³/mol. The van der Waals surface area contributed by atoms with Gasteiger partial charge in [-0.2, -0.15) is 8.42 Å². The Hall–Kier alpha value is -2.22. The number of carbonyl (C=O) groups is 1. The third-order valence-electron chi connectivity index (χ3n) is 4.46. The maximum Gasteiger partial charge on any atom is 0.294 e. The van der Waals surface area contributed by atoms with E-state index in [0.29, 0.717) is 24.2 Å². The summed E-state index contributed by atoms with van der Waals surface area (Å²) < 4.78 is 32.2. The van der Waals surface area contributed by atoms with Gasteiger partial charge >= 0.3 is 0 Å². The molecule has 0 aromatic heterocycles. The zero-order valence-corrected chi connectivity index (χ0v) is 12.9. The highest BCUT2D eigenvalue weighted by Crippen LogP contribution is 2.44. The van der Waals surface area contributed by atoms with Crippen LogP contribution in [0.1, 0.15) is 21.5 Å². The number of amides is 1. The summed E-state index contributed by atoms with van der Waals surface area (Å²) in [4.78, 5) is 14.2. The second kappa shape index (κ2) is 4.64. The van der Waals surface area contributed by atoms with Crippen molar-refractivity contribution in [1.82, 2.24) is 10.2 Å². The molecule has 1 unspecified atom stereocenters. The van der Waals surface area contributed by atoms with Crippen LogP contribution < -0.4 is 5.32 Å². The minimum Gasteiger partial charge on any atom is -0.311 e. The van der Waals surface area contributed by atoms with Gasteiger partial charge in [-0.25, -0.2) is 0 Å². The summed E-state index contributed by atoms with van der Waals surface area (Å²) in [6.45, 7) is 1.14. The number of carbonyl (C=O) groups excluding carboxylic acids is 1. The maximum atomic E-state index is 12.7. The molecule has 2 heterocycles. The number of hydrogen-bond donors (Lipinski definition) is 2. The highest BCUT2D eigenvalue weighted by molar-refractivity contribution is 7.85. The van der Waals surface area contributed by atoms with E-state index < -0.39 is 15.8 Å². The summed E-state index contributed by atoms with van der Waals surface area (Å²) >= 11 is 0. The second-order valence-corrected chi connectivity index (χ2v) is 7.06. The molecule has 1 saturated heterocycles. The molecule has 1 fully saturated rings. The van der Waals surface area contributed by atoms with E-state index in [2.05, 4.69) is 5.32 Å². The van der Waals surface area contributed by atoms with Crippen molar-refractivity contribution in [2.45, 2.75) is 10.6 Å². The van der Waals surface area contributed by atoms with Crippen molar-refractivity contribution in [3.8, 4) is 0 Å². The Morgan fingerprint density at radius 3 is 2.70 bits per heavy atom. The van der Waals surface area contributed by atoms with Crippen LogP contribution in [0.2, 0.25) is 0 Å². The molecule has 0 saturated carbocycles. The van der Waals surface area contributed by atoms with Gasteiger partial charge in [0.05, 0.1) is 4.90 Å². The van der Waals surface area contributed by atoms with Gasteiger partial charge in [-0.05, 0) is 23.8 Å². The lowest BCUT2D eigenvalue weighted by Gasteiger charge is -2.33. The summed E-state index contributed by atoms with van der Waals surface area (Å²) in [6.07, 6.45) is 0. The van der Waals surface area contributed by atoms with E-state index in [-0.39, 0.29) is 10.8 Å². The molecule has 2 aromatic carbocycles. The first-order valence-corrected chi connectivity index (χ1v) is 8.63. The van der Waals surface area contributed by atoms with E-state index in [1.807, 2.05) is 12.1 Å². The molecule has 0 radical (unpaired) electrons. The fourth-order valence-corrected chi connectivity index (χ4v) is 4.06. The number of rotatable bonds is 2. The van der Waals surface area contributed by atoms with Crippen LogP contribution in [0.3, 0.4) is 0 Å². The average molecular weight is 330 g/mol. The SMILES string of the molecule is O=C1c2ccccc2C2(c3cccc(S(=O)(=O)O)c3)NCCN12. The quantitative estimate of drug-likeness (QED) is 0.808. The van der Waals surface area contributed by atoms with Crippen LogP contribution in [0.4, 0.5) is 0 Å². The molecule has 0 bridgehead atoms. The first-order chi connectivity index (χ1) is 10.9. The Balaban J connectivity index is 1.99. The first kappa shape index (κ1) is 14.4. The molecule has 2 N–H and O–H groups in total. The van der Waals surface area contributed by atoms with Gasteiger partial charge < -0.3 is 4.90 Å². The Labute approximate surface area is 133 Å². The molecule has 2 aliphatic rings. The minimum atomic E-state index is -4.31. The van der Waals surface area contributed by atoms with Crippen molar-refractivity contribution in [3.63, 3.8) is 0 Å². The van der Waals surface area contributed by atoms with Crippen LogP contribution in [-0.2, 0) is 15.8 Å². The molecule has 1 atom stereocenters. The van der Waals surface area contributed by atoms with Gasteiger partial charge in [0, 0.05) is 24.2 Å². The molecule has 1 amide bonds. The molecule has 0 spiro atoms. The first-order valence-electron chi connectivity index (χ1n) is 7.19. The summed E-state index contributed by atoms with van der Waals surface area (Å²) in [7, 11) is -4.31. The van der Waals surface area contributed by atoms with Crippen LogP contribution >= 0.6 is 0 Å². The zero-order chi connectivity index (χ0) is 16.2. The van der Waals surface area contributed by atoms with E-state index in [9.17, 15) is 17.8 Å². The van der Waals surface area contributed by atoms with E-state index in [1.165, 1.54) is 12.1 Å². The normalized spacial score (nSPS) is 23.0.